The van der Waals surface area contributed by atoms with Crippen LogP contribution in [0.2, 0.25) is 0 Å². The van der Waals surface area contributed by atoms with E-state index in [-0.39, 0.29) is 0 Å². The molecule has 4 heterocycles. The van der Waals surface area contributed by atoms with Gasteiger partial charge in [-0.3, -0.25) is 4.79 Å². The second kappa shape index (κ2) is 5.33. The van der Waals surface area contributed by atoms with Gasteiger partial charge in [0.25, 0.3) is 0 Å². The summed E-state index contributed by atoms with van der Waals surface area (Å²) in [7, 11) is 0. The molecule has 24 heavy (non-hydrogen) atoms. The van der Waals surface area contributed by atoms with Crippen LogP contribution in [0.25, 0.3) is 22.1 Å². The molecule has 2 aliphatic rings. The number of pyridine rings is 1. The number of H-pyrrole nitrogens is 1. The number of aromatic nitrogens is 4. The standard InChI is InChI=1S/C18H21N5O/c24-16(8-12-3-4-12)22-7-1-2-13(10-22)23-11-21-15-9-20-18-14(17(15)23)5-6-19-18/h5-6,9,11-13H,1-4,7-8,10H2,(H,19,20). The number of amides is 1. The number of carbonyl (C=O) groups is 1. The minimum atomic E-state index is 0.299. The molecule has 1 aliphatic heterocycles. The maximum absolute atomic E-state index is 12.5. The van der Waals surface area contributed by atoms with E-state index >= 15 is 0 Å². The molecular weight excluding hydrogens is 302 g/mol. The number of rotatable bonds is 3. The molecule has 6 nitrogen and oxygen atoms in total. The molecule has 1 amide bonds. The van der Waals surface area contributed by atoms with E-state index in [0.717, 1.165) is 54.4 Å². The van der Waals surface area contributed by atoms with Gasteiger partial charge in [0.05, 0.1) is 24.1 Å². The van der Waals surface area contributed by atoms with Crippen LogP contribution in [-0.4, -0.2) is 43.4 Å². The Hall–Kier alpha value is -2.37. The number of fused-ring (bicyclic) bond motifs is 3. The zero-order valence-corrected chi connectivity index (χ0v) is 13.6. The van der Waals surface area contributed by atoms with E-state index < -0.39 is 0 Å². The first kappa shape index (κ1) is 14.0. The monoisotopic (exact) mass is 323 g/mol. The van der Waals surface area contributed by atoms with Gasteiger partial charge in [0, 0.05) is 31.1 Å². The van der Waals surface area contributed by atoms with Gasteiger partial charge in [-0.2, -0.15) is 0 Å². The number of imidazole rings is 1. The molecule has 1 N–H and O–H groups in total. The van der Waals surface area contributed by atoms with E-state index in [1.165, 1.54) is 12.8 Å². The normalized spacial score (nSPS) is 21.7. The lowest BCUT2D eigenvalue weighted by atomic mass is 10.0. The van der Waals surface area contributed by atoms with Crippen molar-refractivity contribution in [3.8, 4) is 0 Å². The Morgan fingerprint density at radius 1 is 1.29 bits per heavy atom. The maximum Gasteiger partial charge on any atom is 0.222 e. The van der Waals surface area contributed by atoms with Gasteiger partial charge >= 0.3 is 0 Å². The zero-order valence-electron chi connectivity index (χ0n) is 13.6. The van der Waals surface area contributed by atoms with Crippen molar-refractivity contribution in [2.45, 2.75) is 38.1 Å². The summed E-state index contributed by atoms with van der Waals surface area (Å²) in [6.07, 6.45) is 11.0. The van der Waals surface area contributed by atoms with Crippen molar-refractivity contribution in [3.05, 3.63) is 24.8 Å². The van der Waals surface area contributed by atoms with E-state index in [0.29, 0.717) is 17.9 Å². The summed E-state index contributed by atoms with van der Waals surface area (Å²) in [5.41, 5.74) is 2.94. The second-order valence-corrected chi connectivity index (χ2v) is 7.17. The van der Waals surface area contributed by atoms with Crippen LogP contribution >= 0.6 is 0 Å². The van der Waals surface area contributed by atoms with Gasteiger partial charge in [0.15, 0.2) is 0 Å². The molecule has 2 fully saturated rings. The summed E-state index contributed by atoms with van der Waals surface area (Å²) in [5, 5.41) is 1.10. The third-order valence-corrected chi connectivity index (χ3v) is 5.42. The first-order valence-corrected chi connectivity index (χ1v) is 8.86. The van der Waals surface area contributed by atoms with E-state index in [4.69, 9.17) is 0 Å². The molecule has 6 heteroatoms. The number of nitrogens with zero attached hydrogens (tertiary/aromatic N) is 4. The molecule has 0 radical (unpaired) electrons. The van der Waals surface area contributed by atoms with Crippen molar-refractivity contribution in [2.75, 3.05) is 13.1 Å². The lowest BCUT2D eigenvalue weighted by Gasteiger charge is -2.34. The van der Waals surface area contributed by atoms with Gasteiger partial charge in [-0.25, -0.2) is 9.97 Å². The molecule has 124 valence electrons. The van der Waals surface area contributed by atoms with Crippen molar-refractivity contribution in [1.29, 1.82) is 0 Å². The minimum Gasteiger partial charge on any atom is -0.346 e. The van der Waals surface area contributed by atoms with Gasteiger partial charge in [-0.15, -0.1) is 0 Å². The predicted octanol–water partition coefficient (Wildman–Crippen LogP) is 2.88. The van der Waals surface area contributed by atoms with Gasteiger partial charge in [-0.05, 0) is 37.7 Å². The van der Waals surface area contributed by atoms with Crippen LogP contribution in [0.3, 0.4) is 0 Å². The summed E-state index contributed by atoms with van der Waals surface area (Å²) in [4.78, 5) is 26.7. The smallest absolute Gasteiger partial charge is 0.222 e. The molecule has 0 aromatic carbocycles. The highest BCUT2D eigenvalue weighted by atomic mass is 16.2. The number of aromatic amines is 1. The molecule has 1 unspecified atom stereocenters. The second-order valence-electron chi connectivity index (χ2n) is 7.17. The molecular formula is C18H21N5O. The summed E-state index contributed by atoms with van der Waals surface area (Å²) in [6.45, 7) is 1.70. The Morgan fingerprint density at radius 2 is 2.21 bits per heavy atom. The summed E-state index contributed by atoms with van der Waals surface area (Å²) in [6, 6.07) is 2.36. The van der Waals surface area contributed by atoms with Crippen molar-refractivity contribution in [1.82, 2.24) is 24.4 Å². The van der Waals surface area contributed by atoms with Crippen LogP contribution in [0.1, 0.15) is 38.1 Å². The number of hydrogen-bond acceptors (Lipinski definition) is 3. The SMILES string of the molecule is O=C(CC1CC1)N1CCCC(n2cnc3cnc4[nH]ccc4c32)C1. The van der Waals surface area contributed by atoms with Gasteiger partial charge in [-0.1, -0.05) is 0 Å². The molecule has 0 spiro atoms. The molecule has 0 bridgehead atoms. The lowest BCUT2D eigenvalue weighted by Crippen LogP contribution is -2.40. The van der Waals surface area contributed by atoms with Crippen LogP contribution in [-0.2, 0) is 4.79 Å². The van der Waals surface area contributed by atoms with Crippen LogP contribution in [0.5, 0.6) is 0 Å². The molecule has 1 saturated heterocycles. The highest BCUT2D eigenvalue weighted by Crippen LogP contribution is 2.34. The number of likely N-dealkylation sites (tertiary alicyclic amines) is 1. The number of piperidine rings is 1. The average molecular weight is 323 g/mol. The van der Waals surface area contributed by atoms with Crippen LogP contribution in [0.15, 0.2) is 24.8 Å². The highest BCUT2D eigenvalue weighted by molar-refractivity contribution is 6.00. The Labute approximate surface area is 139 Å². The van der Waals surface area contributed by atoms with Crippen molar-refractivity contribution in [2.24, 2.45) is 5.92 Å². The van der Waals surface area contributed by atoms with Gasteiger partial charge in [0.1, 0.15) is 11.2 Å². The van der Waals surface area contributed by atoms with Gasteiger partial charge in [0.2, 0.25) is 5.91 Å². The molecule has 1 atom stereocenters. The molecule has 5 rings (SSSR count). The molecule has 1 aliphatic carbocycles. The van der Waals surface area contributed by atoms with Crippen LogP contribution in [0.4, 0.5) is 0 Å². The highest BCUT2D eigenvalue weighted by Gasteiger charge is 2.30. The minimum absolute atomic E-state index is 0.299. The molecule has 1 saturated carbocycles. The average Bonchev–Trinajstić information content (AvgIpc) is 3.12. The number of carbonyl (C=O) groups excluding carboxylic acids is 1. The first-order chi connectivity index (χ1) is 11.8. The quantitative estimate of drug-likeness (QED) is 0.806. The van der Waals surface area contributed by atoms with Crippen molar-refractivity contribution >= 4 is 28.0 Å². The summed E-state index contributed by atoms with van der Waals surface area (Å²) in [5.74, 6) is 0.984. The van der Waals surface area contributed by atoms with Crippen molar-refractivity contribution in [3.63, 3.8) is 0 Å². The molecule has 3 aromatic rings. The van der Waals surface area contributed by atoms with Crippen LogP contribution < -0.4 is 0 Å². The summed E-state index contributed by atoms with van der Waals surface area (Å²) < 4.78 is 2.25. The Kier molecular flexibility index (Phi) is 3.11. The fourth-order valence-electron chi connectivity index (χ4n) is 3.91. The van der Waals surface area contributed by atoms with E-state index in [1.54, 1.807) is 0 Å². The topological polar surface area (TPSA) is 66.8 Å². The van der Waals surface area contributed by atoms with E-state index in [2.05, 4.69) is 30.5 Å². The maximum atomic E-state index is 12.5. The Balaban J connectivity index is 1.47. The largest absolute Gasteiger partial charge is 0.346 e. The zero-order chi connectivity index (χ0) is 16.1. The third kappa shape index (κ3) is 2.28. The van der Waals surface area contributed by atoms with Crippen LogP contribution in [0, 0.1) is 5.92 Å². The fourth-order valence-corrected chi connectivity index (χ4v) is 3.91. The predicted molar refractivity (Wildman–Crippen MR) is 91.6 cm³/mol. The fraction of sp³-hybridized carbons (Fsp3) is 0.500. The summed E-state index contributed by atoms with van der Waals surface area (Å²) >= 11 is 0. The lowest BCUT2D eigenvalue weighted by molar-refractivity contribution is -0.133. The van der Waals surface area contributed by atoms with Crippen molar-refractivity contribution < 1.29 is 4.79 Å². The molecule has 3 aromatic heterocycles. The van der Waals surface area contributed by atoms with Gasteiger partial charge < -0.3 is 14.5 Å². The number of hydrogen-bond donors (Lipinski definition) is 1. The first-order valence-electron chi connectivity index (χ1n) is 8.86. The van der Waals surface area contributed by atoms with E-state index in [9.17, 15) is 4.79 Å². The Morgan fingerprint density at radius 3 is 3.08 bits per heavy atom. The number of nitrogens with one attached hydrogen (secondary N) is 1. The van der Waals surface area contributed by atoms with E-state index in [1.807, 2.05) is 18.7 Å². The third-order valence-electron chi connectivity index (χ3n) is 5.42. The Bertz CT molecular complexity index is 907.